The lowest BCUT2D eigenvalue weighted by molar-refractivity contribution is -0.139. The molecule has 1 saturated carbocycles. The van der Waals surface area contributed by atoms with Crippen molar-refractivity contribution in [3.05, 3.63) is 93.5 Å². The van der Waals surface area contributed by atoms with Crippen molar-refractivity contribution in [2.75, 3.05) is 10.8 Å². The van der Waals surface area contributed by atoms with E-state index in [1.54, 1.807) is 68.4 Å². The van der Waals surface area contributed by atoms with Gasteiger partial charge in [0.05, 0.1) is 10.6 Å². The van der Waals surface area contributed by atoms with Crippen molar-refractivity contribution in [1.82, 2.24) is 10.2 Å². The predicted molar refractivity (Wildman–Crippen MR) is 168 cm³/mol. The van der Waals surface area contributed by atoms with E-state index >= 15 is 0 Å². The monoisotopic (exact) mass is 629 g/mol. The van der Waals surface area contributed by atoms with Gasteiger partial charge in [0.2, 0.25) is 11.8 Å². The molecule has 3 aromatic rings. The van der Waals surface area contributed by atoms with Gasteiger partial charge in [0, 0.05) is 28.2 Å². The summed E-state index contributed by atoms with van der Waals surface area (Å²) in [6.07, 6.45) is 5.00. The van der Waals surface area contributed by atoms with E-state index in [2.05, 4.69) is 5.32 Å². The maximum atomic E-state index is 14.2. The quantitative estimate of drug-likeness (QED) is 0.271. The molecule has 1 aliphatic carbocycles. The second kappa shape index (κ2) is 13.9. The smallest absolute Gasteiger partial charge is 0.264 e. The van der Waals surface area contributed by atoms with Crippen LogP contribution in [-0.2, 0) is 26.2 Å². The third-order valence-electron chi connectivity index (χ3n) is 7.78. The van der Waals surface area contributed by atoms with Gasteiger partial charge in [-0.1, -0.05) is 84.4 Å². The fourth-order valence-electron chi connectivity index (χ4n) is 5.20. The van der Waals surface area contributed by atoms with Crippen molar-refractivity contribution in [2.45, 2.75) is 76.4 Å². The molecule has 1 fully saturated rings. The number of hydrogen-bond acceptors (Lipinski definition) is 4. The number of anilines is 1. The molecule has 1 aliphatic rings. The fourth-order valence-corrected chi connectivity index (χ4v) is 7.19. The highest BCUT2D eigenvalue weighted by molar-refractivity contribution is 7.92. The summed E-state index contributed by atoms with van der Waals surface area (Å²) < 4.78 is 29.2. The number of halogens is 2. The second-order valence-electron chi connectivity index (χ2n) is 10.9. The highest BCUT2D eigenvalue weighted by Gasteiger charge is 2.34. The largest absolute Gasteiger partial charge is 0.352 e. The minimum Gasteiger partial charge on any atom is -0.352 e. The summed E-state index contributed by atoms with van der Waals surface area (Å²) in [5.41, 5.74) is 2.45. The third kappa shape index (κ3) is 7.46. The summed E-state index contributed by atoms with van der Waals surface area (Å²) in [6, 6.07) is 17.7. The standard InChI is InChI=1S/C32H37Cl2N3O4S/c1-22-16-18-26(19-17-22)42(40,41)37(30-15-8-7-10-23(30)2)21-31(38)36(20-27-28(33)13-9-14-29(27)34)24(3)32(39)35-25-11-5-4-6-12-25/h7-10,13-19,24-25H,4-6,11-12,20-21H2,1-3H3,(H,35,39). The van der Waals surface area contributed by atoms with E-state index in [4.69, 9.17) is 23.2 Å². The number of benzene rings is 3. The van der Waals surface area contributed by atoms with Crippen LogP contribution in [0.2, 0.25) is 10.0 Å². The van der Waals surface area contributed by atoms with Gasteiger partial charge in [0.15, 0.2) is 0 Å². The Kier molecular flexibility index (Phi) is 10.6. The molecule has 0 spiro atoms. The van der Waals surface area contributed by atoms with Gasteiger partial charge in [-0.25, -0.2) is 8.42 Å². The molecule has 1 atom stereocenters. The van der Waals surface area contributed by atoms with Crippen molar-refractivity contribution in [3.8, 4) is 0 Å². The molecule has 224 valence electrons. The number of aryl methyl sites for hydroxylation is 2. The van der Waals surface area contributed by atoms with Crippen LogP contribution >= 0.6 is 23.2 Å². The molecule has 0 saturated heterocycles. The van der Waals surface area contributed by atoms with E-state index in [9.17, 15) is 18.0 Å². The average Bonchev–Trinajstić information content (AvgIpc) is 2.96. The first kappa shape index (κ1) is 31.9. The molecule has 2 amide bonds. The predicted octanol–water partition coefficient (Wildman–Crippen LogP) is 6.67. The van der Waals surface area contributed by atoms with Crippen LogP contribution in [-0.4, -0.2) is 43.8 Å². The minimum atomic E-state index is -4.15. The zero-order valence-corrected chi connectivity index (χ0v) is 26.5. The van der Waals surface area contributed by atoms with Crippen molar-refractivity contribution >= 4 is 50.7 Å². The molecule has 1 N–H and O–H groups in total. The highest BCUT2D eigenvalue weighted by Crippen LogP contribution is 2.30. The number of sulfonamides is 1. The Morgan fingerprint density at radius 3 is 2.14 bits per heavy atom. The maximum Gasteiger partial charge on any atom is 0.264 e. The van der Waals surface area contributed by atoms with Crippen LogP contribution in [0.5, 0.6) is 0 Å². The number of para-hydroxylation sites is 1. The lowest BCUT2D eigenvalue weighted by Crippen LogP contribution is -2.53. The summed E-state index contributed by atoms with van der Waals surface area (Å²) in [5.74, 6) is -0.863. The lowest BCUT2D eigenvalue weighted by atomic mass is 9.95. The molecule has 0 bridgehead atoms. The van der Waals surface area contributed by atoms with Crippen LogP contribution in [0.15, 0.2) is 71.6 Å². The molecule has 7 nitrogen and oxygen atoms in total. The SMILES string of the molecule is Cc1ccc(S(=O)(=O)N(CC(=O)N(Cc2c(Cl)cccc2Cl)C(C)C(=O)NC2CCCCC2)c2ccccc2C)cc1. The van der Waals surface area contributed by atoms with E-state index in [0.717, 1.165) is 42.0 Å². The molecule has 3 aromatic carbocycles. The maximum absolute atomic E-state index is 14.2. The molecule has 42 heavy (non-hydrogen) atoms. The molecule has 0 aliphatic heterocycles. The number of amides is 2. The van der Waals surface area contributed by atoms with Gasteiger partial charge in [-0.15, -0.1) is 0 Å². The molecule has 0 radical (unpaired) electrons. The van der Waals surface area contributed by atoms with Gasteiger partial charge >= 0.3 is 0 Å². The zero-order chi connectivity index (χ0) is 30.4. The van der Waals surface area contributed by atoms with Gasteiger partial charge < -0.3 is 10.2 Å². The molecule has 4 rings (SSSR count). The van der Waals surface area contributed by atoms with Gasteiger partial charge in [0.1, 0.15) is 12.6 Å². The minimum absolute atomic E-state index is 0.0416. The zero-order valence-electron chi connectivity index (χ0n) is 24.1. The Balaban J connectivity index is 1.72. The normalized spacial score (nSPS) is 14.7. The van der Waals surface area contributed by atoms with Crippen LogP contribution in [0, 0.1) is 13.8 Å². The van der Waals surface area contributed by atoms with Crippen molar-refractivity contribution in [2.24, 2.45) is 0 Å². The number of hydrogen-bond donors (Lipinski definition) is 1. The summed E-state index contributed by atoms with van der Waals surface area (Å²) >= 11 is 13.0. The molecule has 1 unspecified atom stereocenters. The molecule has 0 aromatic heterocycles. The van der Waals surface area contributed by atoms with Crippen LogP contribution in [0.3, 0.4) is 0 Å². The molecular formula is C32H37Cl2N3O4S. The number of carbonyl (C=O) groups excluding carboxylic acids is 2. The topological polar surface area (TPSA) is 86.8 Å². The van der Waals surface area contributed by atoms with E-state index in [-0.39, 0.29) is 23.4 Å². The van der Waals surface area contributed by atoms with Crippen LogP contribution in [0.4, 0.5) is 5.69 Å². The summed E-state index contributed by atoms with van der Waals surface area (Å²) in [6.45, 7) is 4.72. The van der Waals surface area contributed by atoms with Gasteiger partial charge in [-0.2, -0.15) is 0 Å². The number of nitrogens with zero attached hydrogens (tertiary/aromatic N) is 2. The lowest BCUT2D eigenvalue weighted by Gasteiger charge is -2.34. The van der Waals surface area contributed by atoms with E-state index in [1.165, 1.54) is 17.0 Å². The van der Waals surface area contributed by atoms with Crippen molar-refractivity contribution in [1.29, 1.82) is 0 Å². The first-order valence-corrected chi connectivity index (χ1v) is 16.4. The fraction of sp³-hybridized carbons (Fsp3) is 0.375. The molecule has 10 heteroatoms. The average molecular weight is 631 g/mol. The first-order valence-electron chi connectivity index (χ1n) is 14.2. The number of nitrogens with one attached hydrogen (secondary N) is 1. The van der Waals surface area contributed by atoms with Crippen molar-refractivity contribution < 1.29 is 18.0 Å². The highest BCUT2D eigenvalue weighted by atomic mass is 35.5. The van der Waals surface area contributed by atoms with Gasteiger partial charge in [-0.3, -0.25) is 13.9 Å². The Morgan fingerprint density at radius 1 is 0.905 bits per heavy atom. The first-order chi connectivity index (χ1) is 20.0. The Labute approximate surface area is 258 Å². The van der Waals surface area contributed by atoms with Gasteiger partial charge in [-0.05, 0) is 69.5 Å². The third-order valence-corrected chi connectivity index (χ3v) is 10.3. The van der Waals surface area contributed by atoms with Gasteiger partial charge in [0.25, 0.3) is 10.0 Å². The number of carbonyl (C=O) groups is 2. The Bertz CT molecular complexity index is 1500. The van der Waals surface area contributed by atoms with E-state index < -0.39 is 28.5 Å². The Hall–Kier alpha value is -3.07. The molecular weight excluding hydrogens is 593 g/mol. The second-order valence-corrected chi connectivity index (χ2v) is 13.5. The van der Waals surface area contributed by atoms with E-state index in [1.807, 2.05) is 6.92 Å². The number of rotatable bonds is 10. The van der Waals surface area contributed by atoms with Crippen LogP contribution in [0.25, 0.3) is 0 Å². The summed E-state index contributed by atoms with van der Waals surface area (Å²) in [5, 5.41) is 3.79. The van der Waals surface area contributed by atoms with Crippen molar-refractivity contribution in [3.63, 3.8) is 0 Å². The summed E-state index contributed by atoms with van der Waals surface area (Å²) in [7, 11) is -4.15. The van der Waals surface area contributed by atoms with E-state index in [0.29, 0.717) is 26.9 Å². The van der Waals surface area contributed by atoms with Crippen LogP contribution in [0.1, 0.15) is 55.7 Å². The summed E-state index contributed by atoms with van der Waals surface area (Å²) in [4.78, 5) is 29.1. The van der Waals surface area contributed by atoms with Crippen LogP contribution < -0.4 is 9.62 Å². The Morgan fingerprint density at radius 2 is 1.52 bits per heavy atom. The molecule has 0 heterocycles.